The van der Waals surface area contributed by atoms with Crippen LogP contribution in [0.4, 0.5) is 0 Å². The summed E-state index contributed by atoms with van der Waals surface area (Å²) in [6.45, 7) is 10.2. The number of rotatable bonds is 6. The average molecular weight is 238 g/mol. The lowest BCUT2D eigenvalue weighted by Gasteiger charge is -2.29. The fraction of sp³-hybridized carbons (Fsp3) is 1.00. The predicted molar refractivity (Wildman–Crippen MR) is 61.4 cm³/mol. The second-order valence-electron chi connectivity index (χ2n) is 4.71. The number of hydrogen-bond donors (Lipinski definition) is 0. The number of hydrogen-bond acceptors (Lipinski definition) is 4. The summed E-state index contributed by atoms with van der Waals surface area (Å²) in [6, 6.07) is 0. The highest BCUT2D eigenvalue weighted by Gasteiger charge is 2.28. The topological polar surface area (TPSA) is 44.8 Å². The smallest absolute Gasteiger partial charge is 0.327 e. The van der Waals surface area contributed by atoms with E-state index in [-0.39, 0.29) is 11.5 Å². The zero-order valence-electron chi connectivity index (χ0n) is 10.6. The van der Waals surface area contributed by atoms with Gasteiger partial charge in [0.1, 0.15) is 0 Å². The lowest BCUT2D eigenvalue weighted by Crippen LogP contribution is -2.25. The minimum atomic E-state index is -2.95. The average Bonchev–Trinajstić information content (AvgIpc) is 2.01. The van der Waals surface area contributed by atoms with E-state index < -0.39 is 7.60 Å². The van der Waals surface area contributed by atoms with Crippen LogP contribution >= 0.6 is 7.60 Å². The maximum Gasteiger partial charge on any atom is 0.327 e. The Kier molecular flexibility index (Phi) is 6.04. The van der Waals surface area contributed by atoms with E-state index in [1.54, 1.807) is 7.11 Å². The summed E-state index contributed by atoms with van der Waals surface area (Å²) < 4.78 is 27.2. The van der Waals surface area contributed by atoms with Crippen molar-refractivity contribution in [2.45, 2.75) is 33.8 Å². The lowest BCUT2D eigenvalue weighted by molar-refractivity contribution is 0.0696. The highest BCUT2D eigenvalue weighted by molar-refractivity contribution is 7.53. The fourth-order valence-corrected chi connectivity index (χ4v) is 2.12. The van der Waals surface area contributed by atoms with Crippen molar-refractivity contribution in [1.29, 1.82) is 0 Å². The molecule has 92 valence electrons. The Hall–Kier alpha value is 0.110. The number of ether oxygens (including phenoxy) is 1. The van der Waals surface area contributed by atoms with Crippen molar-refractivity contribution in [3.8, 4) is 0 Å². The maximum atomic E-state index is 11.8. The first-order valence-corrected chi connectivity index (χ1v) is 7.07. The summed E-state index contributed by atoms with van der Waals surface area (Å²) in [5, 5.41) is 0. The first-order chi connectivity index (χ1) is 6.69. The molecule has 0 aromatic carbocycles. The van der Waals surface area contributed by atoms with E-state index in [1.165, 1.54) is 6.66 Å². The highest BCUT2D eigenvalue weighted by atomic mass is 31.2. The summed E-state index contributed by atoms with van der Waals surface area (Å²) in [6.07, 6.45) is -0.115. The van der Waals surface area contributed by atoms with E-state index in [0.717, 1.165) is 0 Å². The second-order valence-corrected chi connectivity index (χ2v) is 6.72. The van der Waals surface area contributed by atoms with Gasteiger partial charge in [-0.05, 0) is 12.3 Å². The molecule has 0 bridgehead atoms. The van der Waals surface area contributed by atoms with Crippen LogP contribution in [0.1, 0.15) is 27.7 Å². The van der Waals surface area contributed by atoms with Crippen LogP contribution in [0.5, 0.6) is 0 Å². The van der Waals surface area contributed by atoms with E-state index in [2.05, 4.69) is 0 Å². The third-order valence-electron chi connectivity index (χ3n) is 2.18. The zero-order chi connectivity index (χ0) is 12.1. The first-order valence-electron chi connectivity index (χ1n) is 5.08. The van der Waals surface area contributed by atoms with E-state index >= 15 is 0 Å². The van der Waals surface area contributed by atoms with Crippen LogP contribution < -0.4 is 0 Å². The van der Waals surface area contributed by atoms with Crippen LogP contribution in [0.3, 0.4) is 0 Å². The Morgan fingerprint density at radius 3 is 2.20 bits per heavy atom. The molecule has 0 rings (SSSR count). The minimum absolute atomic E-state index is 0.0454. The van der Waals surface area contributed by atoms with E-state index in [0.29, 0.717) is 13.2 Å². The van der Waals surface area contributed by atoms with Gasteiger partial charge in [-0.25, -0.2) is 0 Å². The van der Waals surface area contributed by atoms with Crippen molar-refractivity contribution in [3.05, 3.63) is 0 Å². The van der Waals surface area contributed by atoms with Gasteiger partial charge in [-0.3, -0.25) is 4.57 Å². The van der Waals surface area contributed by atoms with Gasteiger partial charge in [0.2, 0.25) is 0 Å². The van der Waals surface area contributed by atoms with Crippen LogP contribution in [0, 0.1) is 5.41 Å². The Morgan fingerprint density at radius 1 is 1.27 bits per heavy atom. The third-order valence-corrected chi connectivity index (χ3v) is 3.53. The third kappa shape index (κ3) is 7.07. The maximum absolute atomic E-state index is 11.8. The Bertz CT molecular complexity index is 222. The van der Waals surface area contributed by atoms with Gasteiger partial charge >= 0.3 is 7.60 Å². The Balaban J connectivity index is 4.08. The summed E-state index contributed by atoms with van der Waals surface area (Å²) in [5.74, 6) is 0. The molecule has 2 atom stereocenters. The van der Waals surface area contributed by atoms with Gasteiger partial charge in [-0.1, -0.05) is 20.8 Å². The Labute approximate surface area is 92.8 Å². The largest absolute Gasteiger partial charge is 0.382 e. The molecule has 0 radical (unpaired) electrons. The van der Waals surface area contributed by atoms with Crippen LogP contribution in [-0.4, -0.2) is 33.1 Å². The lowest BCUT2D eigenvalue weighted by atomic mass is 9.91. The molecule has 0 N–H and O–H groups in total. The monoisotopic (exact) mass is 238 g/mol. The normalized spacial score (nSPS) is 18.5. The molecule has 0 aliphatic carbocycles. The van der Waals surface area contributed by atoms with Gasteiger partial charge < -0.3 is 13.8 Å². The molecule has 0 fully saturated rings. The summed E-state index contributed by atoms with van der Waals surface area (Å²) in [4.78, 5) is 0. The molecule has 0 aromatic heterocycles. The Morgan fingerprint density at radius 2 is 1.80 bits per heavy atom. The van der Waals surface area contributed by atoms with Crippen LogP contribution in [0.2, 0.25) is 0 Å². The zero-order valence-corrected chi connectivity index (χ0v) is 11.5. The van der Waals surface area contributed by atoms with Gasteiger partial charge in [0.15, 0.2) is 0 Å². The van der Waals surface area contributed by atoms with E-state index in [1.807, 2.05) is 27.7 Å². The van der Waals surface area contributed by atoms with Gasteiger partial charge in [0, 0.05) is 13.8 Å². The molecule has 0 saturated heterocycles. The van der Waals surface area contributed by atoms with Crippen LogP contribution in [0.15, 0.2) is 0 Å². The summed E-state index contributed by atoms with van der Waals surface area (Å²) in [7, 11) is -1.38. The van der Waals surface area contributed by atoms with Crippen molar-refractivity contribution in [1.82, 2.24) is 0 Å². The van der Waals surface area contributed by atoms with E-state index in [9.17, 15) is 4.57 Å². The molecule has 0 spiro atoms. The molecule has 0 amide bonds. The first kappa shape index (κ1) is 15.1. The molecule has 0 aromatic rings. The van der Waals surface area contributed by atoms with Gasteiger partial charge in [0.05, 0.1) is 19.3 Å². The summed E-state index contributed by atoms with van der Waals surface area (Å²) >= 11 is 0. The van der Waals surface area contributed by atoms with Crippen molar-refractivity contribution in [2.75, 3.05) is 27.0 Å². The molecular formula is C10H23O4P. The molecule has 0 heterocycles. The molecule has 15 heavy (non-hydrogen) atoms. The van der Waals surface area contributed by atoms with Crippen molar-refractivity contribution >= 4 is 7.60 Å². The van der Waals surface area contributed by atoms with Crippen molar-refractivity contribution in [2.24, 2.45) is 5.41 Å². The molecule has 2 unspecified atom stereocenters. The van der Waals surface area contributed by atoms with Gasteiger partial charge in [0.25, 0.3) is 0 Å². The van der Waals surface area contributed by atoms with Gasteiger partial charge in [-0.2, -0.15) is 0 Å². The molecule has 0 aliphatic rings. The molecule has 5 heteroatoms. The van der Waals surface area contributed by atoms with Gasteiger partial charge in [-0.15, -0.1) is 0 Å². The highest BCUT2D eigenvalue weighted by Crippen LogP contribution is 2.47. The van der Waals surface area contributed by atoms with E-state index in [4.69, 9.17) is 13.8 Å². The summed E-state index contributed by atoms with van der Waals surface area (Å²) in [5.41, 5.74) is -0.0454. The van der Waals surface area contributed by atoms with Crippen molar-refractivity contribution in [3.63, 3.8) is 0 Å². The fourth-order valence-electron chi connectivity index (χ4n) is 0.762. The minimum Gasteiger partial charge on any atom is -0.382 e. The van der Waals surface area contributed by atoms with Crippen molar-refractivity contribution < 1.29 is 18.3 Å². The molecule has 4 nitrogen and oxygen atoms in total. The quantitative estimate of drug-likeness (QED) is 0.527. The SMILES string of the molecule is COCCOP(C)(=O)OC(C)C(C)(C)C. The predicted octanol–water partition coefficient (Wildman–Crippen LogP) is 2.92. The van der Waals surface area contributed by atoms with Crippen LogP contribution in [-0.2, 0) is 18.3 Å². The standard InChI is InChI=1S/C10H23O4P/c1-9(10(2,3)4)14-15(6,11)13-8-7-12-5/h9H,7-8H2,1-6H3. The molecule has 0 aliphatic heterocycles. The number of methoxy groups -OCH3 is 1. The molecule has 0 saturated carbocycles. The molecular weight excluding hydrogens is 215 g/mol. The second kappa shape index (κ2) is 6.00. The van der Waals surface area contributed by atoms with Crippen LogP contribution in [0.25, 0.3) is 0 Å².